The number of rotatable bonds is 4. The summed E-state index contributed by atoms with van der Waals surface area (Å²) in [6, 6.07) is 4.72. The molecule has 0 saturated heterocycles. The summed E-state index contributed by atoms with van der Waals surface area (Å²) in [4.78, 5) is 2.38. The molecule has 2 heteroatoms. The van der Waals surface area contributed by atoms with Gasteiger partial charge >= 0.3 is 86.5 Å². The molecule has 0 nitrogen and oxygen atoms in total. The molecule has 68 valence electrons. The van der Waals surface area contributed by atoms with Crippen LogP contribution in [0.2, 0.25) is 13.3 Å². The summed E-state index contributed by atoms with van der Waals surface area (Å²) in [7, 11) is 0. The molecule has 0 aromatic carbocycles. The molecule has 12 heavy (non-hydrogen) atoms. The van der Waals surface area contributed by atoms with Crippen LogP contribution >= 0.6 is 0 Å². The predicted octanol–water partition coefficient (Wildman–Crippen LogP) is 2.46. The summed E-state index contributed by atoms with van der Waals surface area (Å²) in [5.41, 5.74) is 0. The second kappa shape index (κ2) is 4.88. The molecule has 0 aliphatic heterocycles. The summed E-state index contributed by atoms with van der Waals surface area (Å²) in [5, 5.41) is 0. The van der Waals surface area contributed by atoms with E-state index in [1.54, 1.807) is 0 Å². The maximum absolute atomic E-state index is 2.44. The van der Waals surface area contributed by atoms with E-state index in [0.717, 1.165) is 14.5 Å². The van der Waals surface area contributed by atoms with Gasteiger partial charge in [0.05, 0.1) is 0 Å². The zero-order valence-corrected chi connectivity index (χ0v) is 12.8. The molecule has 0 N–H and O–H groups in total. The van der Waals surface area contributed by atoms with Gasteiger partial charge in [0, 0.05) is 0 Å². The Bertz CT molecular complexity index is 203. The molecule has 0 aliphatic rings. The Labute approximate surface area is 86.0 Å². The van der Waals surface area contributed by atoms with E-state index in [4.69, 9.17) is 0 Å². The van der Waals surface area contributed by atoms with E-state index in [0.29, 0.717) is 0 Å². The average molecular weight is 336 g/mol. The second-order valence-electron chi connectivity index (χ2n) is 3.32. The van der Waals surface area contributed by atoms with Gasteiger partial charge in [-0.25, -0.2) is 0 Å². The van der Waals surface area contributed by atoms with Gasteiger partial charge in [-0.2, -0.15) is 0 Å². The zero-order valence-electron chi connectivity index (χ0n) is 8.26. The Kier molecular flexibility index (Phi) is 4.42. The third kappa shape index (κ3) is 1.99. The van der Waals surface area contributed by atoms with Crippen molar-refractivity contribution in [3.63, 3.8) is 0 Å². The SMILES string of the molecule is C[CH2][Sn]([CH2]C)([CH2]C)[c]1ccc[se]1. The van der Waals surface area contributed by atoms with Gasteiger partial charge in [-0.05, 0) is 0 Å². The van der Waals surface area contributed by atoms with Crippen molar-refractivity contribution < 1.29 is 0 Å². The van der Waals surface area contributed by atoms with E-state index < -0.39 is 18.4 Å². The van der Waals surface area contributed by atoms with Crippen LogP contribution in [0.25, 0.3) is 0 Å². The normalized spacial score (nSPS) is 11.9. The molecule has 0 saturated carbocycles. The molecule has 0 unspecified atom stereocenters. The molecule has 1 aromatic heterocycles. The van der Waals surface area contributed by atoms with Gasteiger partial charge in [0.15, 0.2) is 0 Å². The molecule has 0 amide bonds. The van der Waals surface area contributed by atoms with Crippen LogP contribution < -0.4 is 2.45 Å². The van der Waals surface area contributed by atoms with Gasteiger partial charge < -0.3 is 0 Å². The minimum absolute atomic E-state index is 0.748. The summed E-state index contributed by atoms with van der Waals surface area (Å²) in [6.07, 6.45) is 0. The molecule has 0 aliphatic carbocycles. The molecular formula is C10H18SeSn. The van der Waals surface area contributed by atoms with Crippen LogP contribution in [0.15, 0.2) is 17.1 Å². The standard InChI is InChI=1S/C4H3Se.3C2H5.Sn/c1-2-4-5-3-1;3*1-2;/h1-3H;3*1H2,2H3;. The van der Waals surface area contributed by atoms with Gasteiger partial charge in [-0.3, -0.25) is 0 Å². The van der Waals surface area contributed by atoms with Gasteiger partial charge in [0.1, 0.15) is 0 Å². The van der Waals surface area contributed by atoms with Crippen LogP contribution in [-0.4, -0.2) is 32.9 Å². The van der Waals surface area contributed by atoms with Crippen LogP contribution in [0.1, 0.15) is 20.8 Å². The molecule has 0 radical (unpaired) electrons. The molecule has 0 fully saturated rings. The summed E-state index contributed by atoms with van der Waals surface area (Å²) >= 11 is -0.972. The number of hydrogen-bond donors (Lipinski definition) is 0. The monoisotopic (exact) mass is 338 g/mol. The molecule has 1 rings (SSSR count). The fraction of sp³-hybridized carbons (Fsp3) is 0.600. The fourth-order valence-corrected chi connectivity index (χ4v) is 22.7. The van der Waals surface area contributed by atoms with E-state index in [-0.39, 0.29) is 0 Å². The molecule has 0 spiro atoms. The Morgan fingerprint density at radius 2 is 1.75 bits per heavy atom. The van der Waals surface area contributed by atoms with Gasteiger partial charge in [0.25, 0.3) is 0 Å². The predicted molar refractivity (Wildman–Crippen MR) is 60.2 cm³/mol. The quantitative estimate of drug-likeness (QED) is 0.741. The van der Waals surface area contributed by atoms with Crippen molar-refractivity contribution in [1.82, 2.24) is 0 Å². The van der Waals surface area contributed by atoms with Crippen LogP contribution in [-0.2, 0) is 0 Å². The van der Waals surface area contributed by atoms with Crippen molar-refractivity contribution in [2.75, 3.05) is 0 Å². The van der Waals surface area contributed by atoms with E-state index in [9.17, 15) is 0 Å². The number of hydrogen-bond acceptors (Lipinski definition) is 0. The third-order valence-electron chi connectivity index (χ3n) is 3.07. The van der Waals surface area contributed by atoms with Crippen molar-refractivity contribution in [3.05, 3.63) is 17.1 Å². The minimum atomic E-state index is -1.72. The third-order valence-corrected chi connectivity index (χ3v) is 27.4. The first-order valence-electron chi connectivity index (χ1n) is 4.83. The Balaban J connectivity index is 2.93. The second-order valence-corrected chi connectivity index (χ2v) is 22.5. The molecule has 1 heterocycles. The molecule has 1 aromatic rings. The zero-order chi connectivity index (χ0) is 9.03. The fourth-order valence-electron chi connectivity index (χ4n) is 1.85. The van der Waals surface area contributed by atoms with Gasteiger partial charge in [-0.15, -0.1) is 0 Å². The van der Waals surface area contributed by atoms with Gasteiger partial charge in [0.2, 0.25) is 0 Å². The average Bonchev–Trinajstić information content (AvgIpc) is 2.62. The van der Waals surface area contributed by atoms with Crippen LogP contribution in [0.4, 0.5) is 0 Å². The van der Waals surface area contributed by atoms with Crippen molar-refractivity contribution in [3.8, 4) is 0 Å². The summed E-state index contributed by atoms with van der Waals surface area (Å²) in [5.74, 6) is 0. The van der Waals surface area contributed by atoms with E-state index in [1.807, 2.05) is 2.45 Å². The first kappa shape index (κ1) is 10.9. The molecule has 0 atom stereocenters. The van der Waals surface area contributed by atoms with E-state index in [1.165, 1.54) is 13.3 Å². The topological polar surface area (TPSA) is 0 Å². The van der Waals surface area contributed by atoms with Gasteiger partial charge in [-0.1, -0.05) is 0 Å². The van der Waals surface area contributed by atoms with Crippen LogP contribution in [0.5, 0.6) is 0 Å². The van der Waals surface area contributed by atoms with Crippen molar-refractivity contribution >= 4 is 35.3 Å². The molecular weight excluding hydrogens is 318 g/mol. The first-order chi connectivity index (χ1) is 5.79. The Hall–Kier alpha value is 0.798. The Morgan fingerprint density at radius 1 is 1.17 bits per heavy atom. The van der Waals surface area contributed by atoms with E-state index >= 15 is 0 Å². The summed E-state index contributed by atoms with van der Waals surface area (Å²) < 4.78 is 6.45. The van der Waals surface area contributed by atoms with Crippen LogP contribution in [0, 0.1) is 0 Å². The van der Waals surface area contributed by atoms with E-state index in [2.05, 4.69) is 37.8 Å². The molecule has 0 bridgehead atoms. The van der Waals surface area contributed by atoms with Crippen molar-refractivity contribution in [2.24, 2.45) is 0 Å². The van der Waals surface area contributed by atoms with Crippen molar-refractivity contribution in [1.29, 1.82) is 0 Å². The first-order valence-corrected chi connectivity index (χ1v) is 14.2. The Morgan fingerprint density at radius 3 is 2.08 bits per heavy atom. The van der Waals surface area contributed by atoms with Crippen molar-refractivity contribution in [2.45, 2.75) is 34.1 Å². The summed E-state index contributed by atoms with van der Waals surface area (Å²) in [6.45, 7) is 7.24. The van der Waals surface area contributed by atoms with Crippen LogP contribution in [0.3, 0.4) is 0 Å². The maximum atomic E-state index is 2.44.